The van der Waals surface area contributed by atoms with Crippen molar-refractivity contribution in [3.8, 4) is 0 Å². The third-order valence-corrected chi connectivity index (χ3v) is 3.67. The summed E-state index contributed by atoms with van der Waals surface area (Å²) < 4.78 is 0. The second-order valence-electron chi connectivity index (χ2n) is 6.00. The Labute approximate surface area is 130 Å². The molecule has 0 aromatic heterocycles. The maximum atomic E-state index is 6.09. The van der Waals surface area contributed by atoms with Crippen LogP contribution in [0.5, 0.6) is 0 Å². The molecule has 114 valence electrons. The fourth-order valence-electron chi connectivity index (χ4n) is 2.32. The van der Waals surface area contributed by atoms with E-state index in [-0.39, 0.29) is 0 Å². The normalized spacial score (nSPS) is 10.4. The van der Waals surface area contributed by atoms with Gasteiger partial charge in [-0.1, -0.05) is 83.1 Å². The quantitative estimate of drug-likeness (QED) is 0.711. The summed E-state index contributed by atoms with van der Waals surface area (Å²) in [6, 6.07) is 16.8. The van der Waals surface area contributed by atoms with Gasteiger partial charge in [-0.05, 0) is 34.9 Å². The molecule has 21 heavy (non-hydrogen) atoms. The zero-order chi connectivity index (χ0) is 15.8. The highest BCUT2D eigenvalue weighted by Gasteiger charge is 2.09. The van der Waals surface area contributed by atoms with Crippen LogP contribution < -0.4 is 5.73 Å². The molecule has 0 aliphatic heterocycles. The molecule has 2 N–H and O–H groups in total. The second kappa shape index (κ2) is 8.51. The molecule has 0 amide bonds. The van der Waals surface area contributed by atoms with Crippen LogP contribution in [-0.2, 0) is 6.42 Å². The topological polar surface area (TPSA) is 26.0 Å². The van der Waals surface area contributed by atoms with Crippen molar-refractivity contribution >= 4 is 5.69 Å². The van der Waals surface area contributed by atoms with Gasteiger partial charge in [-0.2, -0.15) is 0 Å². The molecule has 0 aliphatic rings. The van der Waals surface area contributed by atoms with E-state index in [1.165, 1.54) is 16.7 Å². The van der Waals surface area contributed by atoms with Gasteiger partial charge in [-0.3, -0.25) is 0 Å². The van der Waals surface area contributed by atoms with E-state index in [4.69, 9.17) is 5.73 Å². The lowest BCUT2D eigenvalue weighted by Crippen LogP contribution is -2.02. The van der Waals surface area contributed by atoms with Gasteiger partial charge in [0.25, 0.3) is 0 Å². The van der Waals surface area contributed by atoms with Crippen molar-refractivity contribution in [1.82, 2.24) is 0 Å². The number of hydrogen-bond donors (Lipinski definition) is 1. The highest BCUT2D eigenvalue weighted by molar-refractivity contribution is 5.56. The molecule has 1 heteroatoms. The van der Waals surface area contributed by atoms with E-state index in [9.17, 15) is 0 Å². The number of hydrogen-bond acceptors (Lipinski definition) is 1. The largest absolute Gasteiger partial charge is 0.398 e. The lowest BCUT2D eigenvalue weighted by molar-refractivity contribution is 0.840. The number of nitrogen functional groups attached to an aromatic ring is 1. The average Bonchev–Trinajstić information content (AvgIpc) is 2.48. The zero-order valence-corrected chi connectivity index (χ0v) is 14.1. The number of aryl methyl sites for hydroxylation is 1. The number of anilines is 1. The van der Waals surface area contributed by atoms with Gasteiger partial charge in [-0.25, -0.2) is 0 Å². The molecule has 2 aromatic rings. The van der Waals surface area contributed by atoms with Crippen LogP contribution in [-0.4, -0.2) is 0 Å². The van der Waals surface area contributed by atoms with E-state index < -0.39 is 0 Å². The third kappa shape index (κ3) is 5.26. The fourth-order valence-corrected chi connectivity index (χ4v) is 2.32. The van der Waals surface area contributed by atoms with Gasteiger partial charge >= 0.3 is 0 Å². The SMILES string of the molecule is CC(C)c1cccc(C(C)C)c1N.CCc1ccccc1. The average molecular weight is 283 g/mol. The Kier molecular flexibility index (Phi) is 7.01. The molecule has 1 nitrogen and oxygen atoms in total. The molecular weight excluding hydrogens is 254 g/mol. The van der Waals surface area contributed by atoms with Crippen LogP contribution in [0.2, 0.25) is 0 Å². The van der Waals surface area contributed by atoms with Gasteiger partial charge in [-0.15, -0.1) is 0 Å². The number of para-hydroxylation sites is 1. The third-order valence-electron chi connectivity index (χ3n) is 3.67. The molecule has 0 fully saturated rings. The van der Waals surface area contributed by atoms with Crippen LogP contribution in [0, 0.1) is 0 Å². The first-order chi connectivity index (χ1) is 9.97. The lowest BCUT2D eigenvalue weighted by atomic mass is 9.93. The molecule has 2 rings (SSSR count). The predicted octanol–water partition coefficient (Wildman–Crippen LogP) is 5.76. The summed E-state index contributed by atoms with van der Waals surface area (Å²) in [5.74, 6) is 1.03. The summed E-state index contributed by atoms with van der Waals surface area (Å²) in [5, 5.41) is 0. The van der Waals surface area contributed by atoms with Crippen molar-refractivity contribution < 1.29 is 0 Å². The Morgan fingerprint density at radius 1 is 0.762 bits per heavy atom. The number of benzene rings is 2. The van der Waals surface area contributed by atoms with Crippen molar-refractivity contribution in [3.05, 3.63) is 65.2 Å². The molecule has 0 spiro atoms. The fraction of sp³-hybridized carbons (Fsp3) is 0.400. The second-order valence-corrected chi connectivity index (χ2v) is 6.00. The zero-order valence-electron chi connectivity index (χ0n) is 14.1. The van der Waals surface area contributed by atoms with Crippen LogP contribution in [0.4, 0.5) is 5.69 Å². The van der Waals surface area contributed by atoms with Crippen LogP contribution in [0.3, 0.4) is 0 Å². The minimum Gasteiger partial charge on any atom is -0.398 e. The van der Waals surface area contributed by atoms with Crippen molar-refractivity contribution in [2.75, 3.05) is 5.73 Å². The lowest BCUT2D eigenvalue weighted by Gasteiger charge is -2.15. The molecule has 0 heterocycles. The van der Waals surface area contributed by atoms with Gasteiger partial charge in [0.15, 0.2) is 0 Å². The summed E-state index contributed by atoms with van der Waals surface area (Å²) in [6.07, 6.45) is 1.14. The van der Waals surface area contributed by atoms with E-state index in [2.05, 4.69) is 77.1 Å². The van der Waals surface area contributed by atoms with Crippen molar-refractivity contribution in [1.29, 1.82) is 0 Å². The molecule has 0 unspecified atom stereocenters. The van der Waals surface area contributed by atoms with Gasteiger partial charge < -0.3 is 5.73 Å². The standard InChI is InChI=1S/C12H19N.C8H10/c1-8(2)10-6-5-7-11(9(3)4)12(10)13;1-2-8-6-4-3-5-7-8/h5-9H,13H2,1-4H3;3-7H,2H2,1H3. The van der Waals surface area contributed by atoms with E-state index in [1.807, 2.05) is 6.07 Å². The van der Waals surface area contributed by atoms with Crippen LogP contribution in [0.15, 0.2) is 48.5 Å². The summed E-state index contributed by atoms with van der Waals surface area (Å²) in [7, 11) is 0. The highest BCUT2D eigenvalue weighted by atomic mass is 14.6. The Morgan fingerprint density at radius 3 is 1.57 bits per heavy atom. The van der Waals surface area contributed by atoms with E-state index >= 15 is 0 Å². The molecule has 0 atom stereocenters. The highest BCUT2D eigenvalue weighted by Crippen LogP contribution is 2.29. The molecule has 0 saturated heterocycles. The number of nitrogens with two attached hydrogens (primary N) is 1. The van der Waals surface area contributed by atoms with Crippen molar-refractivity contribution in [2.45, 2.75) is 52.9 Å². The monoisotopic (exact) mass is 283 g/mol. The van der Waals surface area contributed by atoms with E-state index in [0.29, 0.717) is 11.8 Å². The van der Waals surface area contributed by atoms with Gasteiger partial charge in [0.1, 0.15) is 0 Å². The Hall–Kier alpha value is -1.76. The summed E-state index contributed by atoms with van der Waals surface area (Å²) in [6.45, 7) is 10.9. The first kappa shape index (κ1) is 17.3. The summed E-state index contributed by atoms with van der Waals surface area (Å²) in [5.41, 5.74) is 11.0. The van der Waals surface area contributed by atoms with Crippen LogP contribution in [0.1, 0.15) is 63.1 Å². The first-order valence-electron chi connectivity index (χ1n) is 7.89. The van der Waals surface area contributed by atoms with E-state index in [0.717, 1.165) is 12.1 Å². The number of rotatable bonds is 3. The maximum Gasteiger partial charge on any atom is 0.0384 e. The van der Waals surface area contributed by atoms with Gasteiger partial charge in [0.2, 0.25) is 0 Å². The van der Waals surface area contributed by atoms with E-state index in [1.54, 1.807) is 0 Å². The Morgan fingerprint density at radius 2 is 1.24 bits per heavy atom. The predicted molar refractivity (Wildman–Crippen MR) is 94.9 cm³/mol. The van der Waals surface area contributed by atoms with Crippen molar-refractivity contribution in [3.63, 3.8) is 0 Å². The first-order valence-corrected chi connectivity index (χ1v) is 7.89. The van der Waals surface area contributed by atoms with Gasteiger partial charge in [0.05, 0.1) is 0 Å². The molecule has 0 aliphatic carbocycles. The maximum absolute atomic E-state index is 6.09. The summed E-state index contributed by atoms with van der Waals surface area (Å²) in [4.78, 5) is 0. The molecular formula is C20H29N. The van der Waals surface area contributed by atoms with Crippen LogP contribution >= 0.6 is 0 Å². The Bertz CT molecular complexity index is 501. The Balaban J connectivity index is 0.000000235. The molecule has 0 bridgehead atoms. The minimum atomic E-state index is 0.513. The molecule has 0 saturated carbocycles. The van der Waals surface area contributed by atoms with Gasteiger partial charge in [0, 0.05) is 5.69 Å². The van der Waals surface area contributed by atoms with Crippen molar-refractivity contribution in [2.24, 2.45) is 0 Å². The smallest absolute Gasteiger partial charge is 0.0384 e. The minimum absolute atomic E-state index is 0.513. The van der Waals surface area contributed by atoms with Crippen LogP contribution in [0.25, 0.3) is 0 Å². The summed E-state index contributed by atoms with van der Waals surface area (Å²) >= 11 is 0. The molecule has 0 radical (unpaired) electrons. The molecule has 2 aromatic carbocycles.